The van der Waals surface area contributed by atoms with Gasteiger partial charge in [-0.05, 0) is 30.7 Å². The van der Waals surface area contributed by atoms with E-state index in [1.165, 1.54) is 7.11 Å². The minimum Gasteiger partial charge on any atom is -0.467 e. The molecule has 4 N–H and O–H groups in total. The van der Waals surface area contributed by atoms with E-state index in [9.17, 15) is 9.59 Å². The van der Waals surface area contributed by atoms with Crippen LogP contribution in [-0.4, -0.2) is 36.7 Å². The van der Waals surface area contributed by atoms with Crippen molar-refractivity contribution in [2.75, 3.05) is 19.5 Å². The molecule has 0 heterocycles. The quantitative estimate of drug-likeness (QED) is 0.510. The summed E-state index contributed by atoms with van der Waals surface area (Å²) in [6, 6.07) is 3.69. The smallest absolute Gasteiger partial charge is 0.330 e. The van der Waals surface area contributed by atoms with Crippen LogP contribution < -0.4 is 11.1 Å². The van der Waals surface area contributed by atoms with Crippen LogP contribution in [0.5, 0.6) is 0 Å². The van der Waals surface area contributed by atoms with Crippen LogP contribution in [0.15, 0.2) is 18.2 Å². The summed E-state index contributed by atoms with van der Waals surface area (Å²) in [7, 11) is 1.19. The summed E-state index contributed by atoms with van der Waals surface area (Å²) in [5, 5.41) is 11.4. The van der Waals surface area contributed by atoms with Crippen molar-refractivity contribution in [3.63, 3.8) is 0 Å². The van der Waals surface area contributed by atoms with E-state index in [2.05, 4.69) is 10.1 Å². The van der Waals surface area contributed by atoms with Gasteiger partial charge in [0.1, 0.15) is 0 Å². The minimum atomic E-state index is -1.07. The summed E-state index contributed by atoms with van der Waals surface area (Å²) in [6.07, 6.45) is 0. The molecule has 0 fully saturated rings. The number of methoxy groups -OCH3 is 1. The first-order valence-corrected chi connectivity index (χ1v) is 5.35. The van der Waals surface area contributed by atoms with E-state index in [1.54, 1.807) is 25.1 Å². The first kappa shape index (κ1) is 14.0. The lowest BCUT2D eigenvalue weighted by Crippen LogP contribution is -2.44. The van der Waals surface area contributed by atoms with Gasteiger partial charge in [-0.25, -0.2) is 4.79 Å². The molecular formula is C12H16N2O4. The van der Waals surface area contributed by atoms with Crippen molar-refractivity contribution in [3.8, 4) is 0 Å². The number of benzene rings is 1. The van der Waals surface area contributed by atoms with E-state index in [1.807, 2.05) is 0 Å². The maximum Gasteiger partial charge on any atom is 0.330 e. The average Bonchev–Trinajstić information content (AvgIpc) is 2.37. The van der Waals surface area contributed by atoms with Gasteiger partial charge in [0.2, 0.25) is 0 Å². The number of nitrogens with two attached hydrogens (primary N) is 1. The zero-order valence-electron chi connectivity index (χ0n) is 10.3. The molecule has 18 heavy (non-hydrogen) atoms. The topological polar surface area (TPSA) is 102 Å². The fourth-order valence-electron chi connectivity index (χ4n) is 1.38. The lowest BCUT2D eigenvalue weighted by atomic mass is 10.1. The van der Waals surface area contributed by atoms with Crippen molar-refractivity contribution < 1.29 is 19.4 Å². The van der Waals surface area contributed by atoms with Crippen molar-refractivity contribution >= 4 is 17.6 Å². The fourth-order valence-corrected chi connectivity index (χ4v) is 1.38. The maximum atomic E-state index is 11.8. The Balaban J connectivity index is 2.81. The molecule has 0 bridgehead atoms. The number of hydrogen-bond acceptors (Lipinski definition) is 5. The molecule has 1 amide bonds. The van der Waals surface area contributed by atoms with Crippen molar-refractivity contribution in [2.24, 2.45) is 0 Å². The molecule has 0 saturated carbocycles. The van der Waals surface area contributed by atoms with Crippen molar-refractivity contribution in [2.45, 2.75) is 13.0 Å². The molecule has 1 aromatic rings. The highest BCUT2D eigenvalue weighted by molar-refractivity contribution is 5.97. The summed E-state index contributed by atoms with van der Waals surface area (Å²) in [4.78, 5) is 23.0. The molecule has 1 unspecified atom stereocenters. The van der Waals surface area contributed by atoms with Crippen molar-refractivity contribution in [3.05, 3.63) is 29.3 Å². The average molecular weight is 252 g/mol. The Kier molecular flexibility index (Phi) is 4.67. The minimum absolute atomic E-state index is 0.365. The van der Waals surface area contributed by atoms with Crippen LogP contribution in [0.1, 0.15) is 15.9 Å². The number of nitrogen functional groups attached to an aromatic ring is 1. The molecule has 0 radical (unpaired) electrons. The number of nitrogens with one attached hydrogen (secondary N) is 1. The van der Waals surface area contributed by atoms with Crippen LogP contribution in [0.3, 0.4) is 0 Å². The van der Waals surface area contributed by atoms with Gasteiger partial charge in [0.15, 0.2) is 6.04 Å². The monoisotopic (exact) mass is 252 g/mol. The van der Waals surface area contributed by atoms with Gasteiger partial charge in [-0.2, -0.15) is 0 Å². The standard InChI is InChI=1S/C12H16N2O4/c1-7-5-8(3-4-9(7)13)11(16)14-10(6-15)12(17)18-2/h3-5,10,15H,6,13H2,1-2H3,(H,14,16). The summed E-state index contributed by atoms with van der Waals surface area (Å²) >= 11 is 0. The van der Waals surface area contributed by atoms with Gasteiger partial charge in [0.25, 0.3) is 5.91 Å². The molecule has 1 atom stereocenters. The van der Waals surface area contributed by atoms with Gasteiger partial charge in [0.05, 0.1) is 13.7 Å². The normalized spacial score (nSPS) is 11.7. The molecule has 6 nitrogen and oxygen atoms in total. The Hall–Kier alpha value is -2.08. The summed E-state index contributed by atoms with van der Waals surface area (Å²) in [6.45, 7) is 1.25. The number of amides is 1. The predicted octanol–water partition coefficient (Wildman–Crippen LogP) is -0.159. The number of aryl methyl sites for hydroxylation is 1. The molecule has 1 rings (SSSR count). The van der Waals surface area contributed by atoms with Crippen LogP contribution in [0.2, 0.25) is 0 Å². The Morgan fingerprint density at radius 2 is 2.17 bits per heavy atom. The Labute approximate surface area is 105 Å². The molecule has 0 spiro atoms. The number of esters is 1. The maximum absolute atomic E-state index is 11.8. The molecule has 0 aromatic heterocycles. The number of ether oxygens (including phenoxy) is 1. The molecule has 0 aliphatic rings. The van der Waals surface area contributed by atoms with Crippen LogP contribution >= 0.6 is 0 Å². The van der Waals surface area contributed by atoms with Gasteiger partial charge in [-0.3, -0.25) is 4.79 Å². The second-order valence-electron chi connectivity index (χ2n) is 3.80. The Morgan fingerprint density at radius 3 is 2.67 bits per heavy atom. The third-order valence-electron chi connectivity index (χ3n) is 2.51. The van der Waals surface area contributed by atoms with Gasteiger partial charge in [0, 0.05) is 11.3 Å². The van der Waals surface area contributed by atoms with Crippen LogP contribution in [0.25, 0.3) is 0 Å². The van der Waals surface area contributed by atoms with Crippen LogP contribution in [0, 0.1) is 6.92 Å². The largest absolute Gasteiger partial charge is 0.467 e. The van der Waals surface area contributed by atoms with E-state index in [4.69, 9.17) is 10.8 Å². The lowest BCUT2D eigenvalue weighted by molar-refractivity contribution is -0.143. The van der Waals surface area contributed by atoms with E-state index in [-0.39, 0.29) is 0 Å². The van der Waals surface area contributed by atoms with Gasteiger partial charge >= 0.3 is 5.97 Å². The molecule has 98 valence electrons. The number of hydrogen-bond donors (Lipinski definition) is 3. The summed E-state index contributed by atoms with van der Waals surface area (Å²) in [5.74, 6) is -1.17. The zero-order chi connectivity index (χ0) is 13.7. The molecule has 0 saturated heterocycles. The van der Waals surface area contributed by atoms with Crippen LogP contribution in [0.4, 0.5) is 5.69 Å². The van der Waals surface area contributed by atoms with Gasteiger partial charge < -0.3 is 20.9 Å². The SMILES string of the molecule is COC(=O)C(CO)NC(=O)c1ccc(N)c(C)c1. The van der Waals surface area contributed by atoms with Gasteiger partial charge in [-0.1, -0.05) is 0 Å². The predicted molar refractivity (Wildman–Crippen MR) is 65.9 cm³/mol. The third kappa shape index (κ3) is 3.21. The third-order valence-corrected chi connectivity index (χ3v) is 2.51. The summed E-state index contributed by atoms with van der Waals surface area (Å²) < 4.78 is 4.45. The van der Waals surface area contributed by atoms with Crippen molar-refractivity contribution in [1.29, 1.82) is 0 Å². The number of aliphatic hydroxyl groups excluding tert-OH is 1. The fraction of sp³-hybridized carbons (Fsp3) is 0.333. The first-order chi connectivity index (χ1) is 8.49. The molecule has 0 aliphatic heterocycles. The molecule has 1 aromatic carbocycles. The number of aliphatic hydroxyl groups is 1. The molecular weight excluding hydrogens is 236 g/mol. The zero-order valence-corrected chi connectivity index (χ0v) is 10.3. The molecule has 0 aliphatic carbocycles. The van der Waals surface area contributed by atoms with E-state index < -0.39 is 24.5 Å². The number of rotatable bonds is 4. The van der Waals surface area contributed by atoms with Crippen LogP contribution in [-0.2, 0) is 9.53 Å². The highest BCUT2D eigenvalue weighted by Gasteiger charge is 2.21. The van der Waals surface area contributed by atoms with E-state index >= 15 is 0 Å². The van der Waals surface area contributed by atoms with Gasteiger partial charge in [-0.15, -0.1) is 0 Å². The Morgan fingerprint density at radius 1 is 1.50 bits per heavy atom. The lowest BCUT2D eigenvalue weighted by Gasteiger charge is -2.14. The summed E-state index contributed by atoms with van der Waals surface area (Å²) in [5.41, 5.74) is 7.35. The van der Waals surface area contributed by atoms with E-state index in [0.717, 1.165) is 5.56 Å². The van der Waals surface area contributed by atoms with Crippen molar-refractivity contribution in [1.82, 2.24) is 5.32 Å². The highest BCUT2D eigenvalue weighted by Crippen LogP contribution is 2.12. The number of anilines is 1. The second kappa shape index (κ2) is 6.02. The molecule has 6 heteroatoms. The van der Waals surface area contributed by atoms with E-state index in [0.29, 0.717) is 11.3 Å². The Bertz CT molecular complexity index is 459. The number of carbonyl (C=O) groups is 2. The number of carbonyl (C=O) groups excluding carboxylic acids is 2. The first-order valence-electron chi connectivity index (χ1n) is 5.35. The second-order valence-corrected chi connectivity index (χ2v) is 3.80. The highest BCUT2D eigenvalue weighted by atomic mass is 16.5.